The summed E-state index contributed by atoms with van der Waals surface area (Å²) in [7, 11) is -3.01. The van der Waals surface area contributed by atoms with Gasteiger partial charge in [-0.2, -0.15) is 5.10 Å². The number of nitrogens with zero attached hydrogens (tertiary/aromatic N) is 3. The lowest BCUT2D eigenvalue weighted by Gasteiger charge is -2.11. The minimum atomic E-state index is -3.01. The number of carbonyl (C=O) groups excluding carboxylic acids is 1. The van der Waals surface area contributed by atoms with Crippen LogP contribution in [0.5, 0.6) is 0 Å². The third kappa shape index (κ3) is 4.26. The van der Waals surface area contributed by atoms with Crippen molar-refractivity contribution in [1.29, 1.82) is 0 Å². The quantitative estimate of drug-likeness (QED) is 0.761. The molecule has 2 aliphatic heterocycles. The van der Waals surface area contributed by atoms with Gasteiger partial charge in [0.05, 0.1) is 33.8 Å². The maximum atomic E-state index is 12.0. The fourth-order valence-electron chi connectivity index (χ4n) is 3.53. The van der Waals surface area contributed by atoms with Crippen molar-refractivity contribution in [1.82, 2.24) is 15.1 Å². The Morgan fingerprint density at radius 3 is 2.86 bits per heavy atom. The average Bonchev–Trinajstić information content (AvgIpc) is 3.26. The number of rotatable bonds is 3. The van der Waals surface area contributed by atoms with Crippen LogP contribution in [0.15, 0.2) is 34.2 Å². The number of aromatic nitrogens is 2. The van der Waals surface area contributed by atoms with Gasteiger partial charge in [-0.1, -0.05) is 17.7 Å². The Labute approximate surface area is 178 Å². The van der Waals surface area contributed by atoms with Gasteiger partial charge in [0, 0.05) is 16.3 Å². The number of sulfone groups is 1. The molecule has 2 saturated heterocycles. The molecule has 2 aromatic rings. The number of hydrogen-bond donors (Lipinski definition) is 1. The molecule has 29 heavy (non-hydrogen) atoms. The Bertz CT molecular complexity index is 1170. The SMILES string of the molecule is Cc1nn([C@H]2CCS(=O)(=O)C2)c(C)c1/C=C1\SC(=O)NC1=Nc1cccc(Cl)c1. The molecular formula is C19H19ClN4O3S2. The van der Waals surface area contributed by atoms with E-state index in [9.17, 15) is 13.2 Å². The number of halogens is 1. The summed E-state index contributed by atoms with van der Waals surface area (Å²) in [6, 6.07) is 6.93. The maximum Gasteiger partial charge on any atom is 0.289 e. The number of thioether (sulfide) groups is 1. The second-order valence-electron chi connectivity index (χ2n) is 7.05. The van der Waals surface area contributed by atoms with Gasteiger partial charge < -0.3 is 5.32 Å². The van der Waals surface area contributed by atoms with Crippen molar-refractivity contribution in [2.45, 2.75) is 26.3 Å². The van der Waals surface area contributed by atoms with E-state index in [1.54, 1.807) is 28.9 Å². The summed E-state index contributed by atoms with van der Waals surface area (Å²) in [6.07, 6.45) is 2.44. The van der Waals surface area contributed by atoms with Crippen molar-refractivity contribution in [3.8, 4) is 0 Å². The molecule has 152 valence electrons. The molecule has 0 spiro atoms. The van der Waals surface area contributed by atoms with Crippen molar-refractivity contribution in [2.75, 3.05) is 11.5 Å². The van der Waals surface area contributed by atoms with Gasteiger partial charge >= 0.3 is 0 Å². The van der Waals surface area contributed by atoms with Crippen LogP contribution in [0.3, 0.4) is 0 Å². The van der Waals surface area contributed by atoms with E-state index in [1.165, 1.54) is 0 Å². The van der Waals surface area contributed by atoms with Crippen molar-refractivity contribution in [2.24, 2.45) is 4.99 Å². The molecule has 3 heterocycles. The summed E-state index contributed by atoms with van der Waals surface area (Å²) in [5.41, 5.74) is 3.16. The molecule has 7 nitrogen and oxygen atoms in total. The molecular weight excluding hydrogens is 432 g/mol. The highest BCUT2D eigenvalue weighted by Gasteiger charge is 2.32. The first-order valence-corrected chi connectivity index (χ1v) is 12.0. The number of amides is 1. The van der Waals surface area contributed by atoms with E-state index in [-0.39, 0.29) is 22.8 Å². The first-order valence-electron chi connectivity index (χ1n) is 9.03. The number of carbonyl (C=O) groups is 1. The lowest BCUT2D eigenvalue weighted by atomic mass is 10.1. The summed E-state index contributed by atoms with van der Waals surface area (Å²) < 4.78 is 25.5. The zero-order chi connectivity index (χ0) is 20.8. The Hall–Kier alpha value is -2.10. The van der Waals surface area contributed by atoms with Gasteiger partial charge in [0.2, 0.25) is 0 Å². The maximum absolute atomic E-state index is 12.0. The fourth-order valence-corrected chi connectivity index (χ4v) is 6.12. The molecule has 1 N–H and O–H groups in total. The van der Waals surface area contributed by atoms with E-state index in [2.05, 4.69) is 15.4 Å². The summed E-state index contributed by atoms with van der Waals surface area (Å²) in [5, 5.41) is 7.69. The highest BCUT2D eigenvalue weighted by molar-refractivity contribution is 8.18. The number of benzene rings is 1. The van der Waals surface area contributed by atoms with E-state index >= 15 is 0 Å². The molecule has 1 aromatic carbocycles. The number of hydrogen-bond acceptors (Lipinski definition) is 6. The molecule has 2 aliphatic rings. The molecule has 0 bridgehead atoms. The molecule has 0 aliphatic carbocycles. The van der Waals surface area contributed by atoms with Crippen molar-refractivity contribution in [3.05, 3.63) is 51.1 Å². The third-order valence-corrected chi connectivity index (χ3v) is 7.72. The number of aliphatic imine (C=N–C) groups is 1. The molecule has 2 fully saturated rings. The van der Waals surface area contributed by atoms with Crippen molar-refractivity contribution < 1.29 is 13.2 Å². The second-order valence-corrected chi connectivity index (χ2v) is 10.7. The van der Waals surface area contributed by atoms with Gasteiger partial charge in [-0.15, -0.1) is 0 Å². The lowest BCUT2D eigenvalue weighted by Crippen LogP contribution is -2.18. The average molecular weight is 451 g/mol. The number of nitrogens with one attached hydrogen (secondary N) is 1. The monoisotopic (exact) mass is 450 g/mol. The Kier molecular flexibility index (Phi) is 5.30. The first-order chi connectivity index (χ1) is 13.7. The Morgan fingerprint density at radius 1 is 1.38 bits per heavy atom. The van der Waals surface area contributed by atoms with E-state index in [1.807, 2.05) is 19.9 Å². The van der Waals surface area contributed by atoms with E-state index in [0.717, 1.165) is 28.7 Å². The van der Waals surface area contributed by atoms with Crippen LogP contribution in [0.1, 0.15) is 29.4 Å². The molecule has 0 radical (unpaired) electrons. The largest absolute Gasteiger partial charge is 0.300 e. The van der Waals surface area contributed by atoms with E-state index in [4.69, 9.17) is 11.6 Å². The van der Waals surface area contributed by atoms with Crippen molar-refractivity contribution in [3.63, 3.8) is 0 Å². The highest BCUT2D eigenvalue weighted by Crippen LogP contribution is 2.32. The normalized spacial score (nSPS) is 23.8. The van der Waals surface area contributed by atoms with Gasteiger partial charge in [0.25, 0.3) is 5.24 Å². The van der Waals surface area contributed by atoms with Crippen LogP contribution in [-0.4, -0.2) is 40.8 Å². The molecule has 1 aromatic heterocycles. The van der Waals surface area contributed by atoms with Gasteiger partial charge in [0.15, 0.2) is 9.84 Å². The summed E-state index contributed by atoms with van der Waals surface area (Å²) in [5.74, 6) is 0.760. The predicted molar refractivity (Wildman–Crippen MR) is 117 cm³/mol. The predicted octanol–water partition coefficient (Wildman–Crippen LogP) is 4.04. The van der Waals surface area contributed by atoms with E-state index in [0.29, 0.717) is 27.9 Å². The zero-order valence-corrected chi connectivity index (χ0v) is 18.2. The topological polar surface area (TPSA) is 93.4 Å². The third-order valence-electron chi connectivity index (χ3n) is 4.92. The highest BCUT2D eigenvalue weighted by atomic mass is 35.5. The van der Waals surface area contributed by atoms with Gasteiger partial charge in [0.1, 0.15) is 5.84 Å². The van der Waals surface area contributed by atoms with Crippen LogP contribution < -0.4 is 5.32 Å². The summed E-state index contributed by atoms with van der Waals surface area (Å²) >= 11 is 7.09. The minimum absolute atomic E-state index is 0.112. The lowest BCUT2D eigenvalue weighted by molar-refractivity contribution is 0.265. The summed E-state index contributed by atoms with van der Waals surface area (Å²) in [4.78, 5) is 17.2. The second kappa shape index (κ2) is 7.62. The molecule has 10 heteroatoms. The van der Waals surface area contributed by atoms with E-state index < -0.39 is 9.84 Å². The minimum Gasteiger partial charge on any atom is -0.300 e. The first kappa shape index (κ1) is 20.2. The molecule has 0 saturated carbocycles. The zero-order valence-electron chi connectivity index (χ0n) is 15.8. The van der Waals surface area contributed by atoms with Crippen LogP contribution in [0.4, 0.5) is 10.5 Å². The van der Waals surface area contributed by atoms with Crippen molar-refractivity contribution >= 4 is 56.0 Å². The standard InChI is InChI=1S/C19H19ClN4O3S2/c1-11-16(12(2)24(23-11)15-6-7-29(26,27)10-15)9-17-18(22-19(25)28-17)21-14-5-3-4-13(20)8-14/h3-5,8-9,15H,6-7,10H2,1-2H3,(H,21,22,25)/b17-9-/t15-/m0/s1. The van der Waals surface area contributed by atoms with Crippen LogP contribution in [0, 0.1) is 13.8 Å². The van der Waals surface area contributed by atoms with Crippen LogP contribution in [0.25, 0.3) is 6.08 Å². The smallest absolute Gasteiger partial charge is 0.289 e. The van der Waals surface area contributed by atoms with Gasteiger partial charge in [-0.05, 0) is 56.3 Å². The number of aryl methyl sites for hydroxylation is 1. The molecule has 1 amide bonds. The summed E-state index contributed by atoms with van der Waals surface area (Å²) in [6.45, 7) is 3.79. The number of amidine groups is 1. The molecule has 1 atom stereocenters. The van der Waals surface area contributed by atoms with Gasteiger partial charge in [-0.3, -0.25) is 9.48 Å². The van der Waals surface area contributed by atoms with Crippen LogP contribution in [-0.2, 0) is 9.84 Å². The Morgan fingerprint density at radius 2 is 2.17 bits per heavy atom. The Balaban J connectivity index is 1.70. The van der Waals surface area contributed by atoms with Crippen LogP contribution >= 0.6 is 23.4 Å². The van der Waals surface area contributed by atoms with Gasteiger partial charge in [-0.25, -0.2) is 13.4 Å². The molecule has 4 rings (SSSR count). The van der Waals surface area contributed by atoms with Crippen LogP contribution in [0.2, 0.25) is 5.02 Å². The fraction of sp³-hybridized carbons (Fsp3) is 0.316. The molecule has 0 unspecified atom stereocenters.